The van der Waals surface area contributed by atoms with E-state index in [1.165, 1.54) is 41.0 Å². The summed E-state index contributed by atoms with van der Waals surface area (Å²) in [5, 5.41) is 15.3. The molecule has 2 aromatic rings. The van der Waals surface area contributed by atoms with Crippen LogP contribution in [0.3, 0.4) is 0 Å². The van der Waals surface area contributed by atoms with E-state index in [0.29, 0.717) is 10.7 Å². The molecule has 0 saturated heterocycles. The standard InChI is InChI=1S/C22H20N4O4S2/c1-13(2)21-25-26-19(23)17(20(27)24-22(26)31-21)12-15-6-4-5-7-18(15)30-32(28,29)16-10-8-14(3)9-11-16/h4-13,23H,1-3H3/b17-12-,23-19?. The summed E-state index contributed by atoms with van der Waals surface area (Å²) in [6.07, 6.45) is 1.40. The number of thioether (sulfide) groups is 1. The van der Waals surface area contributed by atoms with Crippen LogP contribution in [0.5, 0.6) is 5.75 Å². The molecule has 2 aliphatic rings. The maximum Gasteiger partial charge on any atom is 0.339 e. The van der Waals surface area contributed by atoms with Gasteiger partial charge in [-0.05, 0) is 43.0 Å². The molecule has 0 saturated carbocycles. The van der Waals surface area contributed by atoms with E-state index in [1.807, 2.05) is 20.8 Å². The van der Waals surface area contributed by atoms with Crippen molar-refractivity contribution >= 4 is 49.9 Å². The molecule has 2 aromatic carbocycles. The highest BCUT2D eigenvalue weighted by Crippen LogP contribution is 2.32. The van der Waals surface area contributed by atoms with E-state index in [1.54, 1.807) is 30.3 Å². The van der Waals surface area contributed by atoms with Crippen LogP contribution < -0.4 is 4.18 Å². The summed E-state index contributed by atoms with van der Waals surface area (Å²) in [5.74, 6) is -0.549. The summed E-state index contributed by atoms with van der Waals surface area (Å²) in [7, 11) is -4.08. The zero-order valence-corrected chi connectivity index (χ0v) is 19.2. The largest absolute Gasteiger partial charge is 0.378 e. The molecule has 0 aromatic heterocycles. The lowest BCUT2D eigenvalue weighted by atomic mass is 10.1. The zero-order chi connectivity index (χ0) is 23.0. The number of nitrogens with zero attached hydrogens (tertiary/aromatic N) is 3. The Morgan fingerprint density at radius 2 is 1.81 bits per heavy atom. The Bertz CT molecular complexity index is 1310. The molecular weight excluding hydrogens is 448 g/mol. The van der Waals surface area contributed by atoms with Crippen molar-refractivity contribution in [1.82, 2.24) is 5.01 Å². The Labute approximate surface area is 190 Å². The molecule has 2 heterocycles. The highest BCUT2D eigenvalue weighted by Gasteiger charge is 2.36. The van der Waals surface area contributed by atoms with Crippen molar-refractivity contribution in [2.24, 2.45) is 16.0 Å². The number of benzene rings is 2. The quantitative estimate of drug-likeness (QED) is 0.524. The van der Waals surface area contributed by atoms with Crippen LogP contribution >= 0.6 is 11.8 Å². The molecule has 10 heteroatoms. The van der Waals surface area contributed by atoms with Gasteiger partial charge in [0.15, 0.2) is 5.84 Å². The number of aliphatic imine (C=N–C) groups is 1. The first kappa shape index (κ1) is 22.0. The highest BCUT2D eigenvalue weighted by molar-refractivity contribution is 8.27. The molecule has 0 radical (unpaired) electrons. The maximum absolute atomic E-state index is 12.7. The number of hydrogen-bond acceptors (Lipinski definition) is 7. The fourth-order valence-electron chi connectivity index (χ4n) is 2.94. The third kappa shape index (κ3) is 4.23. The molecule has 0 atom stereocenters. The second kappa shape index (κ2) is 8.36. The van der Waals surface area contributed by atoms with Crippen molar-refractivity contribution in [2.45, 2.75) is 25.7 Å². The fourth-order valence-corrected chi connectivity index (χ4v) is 4.79. The Morgan fingerprint density at radius 3 is 2.50 bits per heavy atom. The van der Waals surface area contributed by atoms with Gasteiger partial charge in [0.05, 0.1) is 5.57 Å². The lowest BCUT2D eigenvalue weighted by Gasteiger charge is -2.20. The number of aryl methyl sites for hydroxylation is 1. The van der Waals surface area contributed by atoms with Crippen LogP contribution in [0, 0.1) is 18.3 Å². The minimum absolute atomic E-state index is 0.00751. The molecule has 0 unspecified atom stereocenters. The average molecular weight is 469 g/mol. The first-order valence-electron chi connectivity index (χ1n) is 9.76. The first-order chi connectivity index (χ1) is 15.2. The molecule has 164 valence electrons. The van der Waals surface area contributed by atoms with Crippen molar-refractivity contribution in [3.63, 3.8) is 0 Å². The number of hydrogen-bond donors (Lipinski definition) is 1. The van der Waals surface area contributed by atoms with E-state index in [9.17, 15) is 13.2 Å². The molecule has 0 fully saturated rings. The molecule has 0 spiro atoms. The molecule has 0 bridgehead atoms. The molecule has 1 amide bonds. The summed E-state index contributed by atoms with van der Waals surface area (Å²) >= 11 is 1.26. The molecule has 4 rings (SSSR count). The van der Waals surface area contributed by atoms with Crippen molar-refractivity contribution < 1.29 is 17.4 Å². The highest BCUT2D eigenvalue weighted by atomic mass is 32.2. The molecule has 1 N–H and O–H groups in total. The molecular formula is C22H20N4O4S2. The number of nitrogens with one attached hydrogen (secondary N) is 1. The molecule has 2 aliphatic heterocycles. The van der Waals surface area contributed by atoms with Gasteiger partial charge in [-0.25, -0.2) is 0 Å². The van der Waals surface area contributed by atoms with Gasteiger partial charge >= 0.3 is 10.1 Å². The van der Waals surface area contributed by atoms with E-state index in [0.717, 1.165) is 10.6 Å². The Kier molecular flexibility index (Phi) is 5.74. The number of rotatable bonds is 5. The topological polar surface area (TPSA) is 112 Å². The number of fused-ring (bicyclic) bond motifs is 1. The van der Waals surface area contributed by atoms with E-state index >= 15 is 0 Å². The number of hydrazone groups is 1. The predicted octanol–water partition coefficient (Wildman–Crippen LogP) is 4.04. The summed E-state index contributed by atoms with van der Waals surface area (Å²) < 4.78 is 30.8. The minimum Gasteiger partial charge on any atom is -0.378 e. The van der Waals surface area contributed by atoms with E-state index in [-0.39, 0.29) is 28.0 Å². The van der Waals surface area contributed by atoms with Crippen LogP contribution in [0.15, 0.2) is 69.1 Å². The second-order valence-corrected chi connectivity index (χ2v) is 10.0. The Morgan fingerprint density at radius 1 is 1.12 bits per heavy atom. The summed E-state index contributed by atoms with van der Waals surface area (Å²) in [4.78, 5) is 16.7. The SMILES string of the molecule is Cc1ccc(S(=O)(=O)Oc2ccccc2/C=C2/C(=N)N3N=C(C(C)C)SC3=NC2=O)cc1. The predicted molar refractivity (Wildman–Crippen MR) is 125 cm³/mol. The number of amides is 1. The zero-order valence-electron chi connectivity index (χ0n) is 17.6. The van der Waals surface area contributed by atoms with Crippen molar-refractivity contribution in [3.05, 3.63) is 65.2 Å². The van der Waals surface area contributed by atoms with Crippen LogP contribution in [-0.4, -0.2) is 35.4 Å². The molecule has 0 aliphatic carbocycles. The van der Waals surface area contributed by atoms with Gasteiger partial charge in [-0.15, -0.1) is 0 Å². The summed E-state index contributed by atoms with van der Waals surface area (Å²) in [6, 6.07) is 12.7. The number of carbonyl (C=O) groups excluding carboxylic acids is 1. The van der Waals surface area contributed by atoms with Crippen LogP contribution in [0.25, 0.3) is 6.08 Å². The van der Waals surface area contributed by atoms with Crippen molar-refractivity contribution in [3.8, 4) is 5.75 Å². The van der Waals surface area contributed by atoms with Gasteiger partial charge in [0.25, 0.3) is 5.91 Å². The number of amidine groups is 2. The minimum atomic E-state index is -4.08. The van der Waals surface area contributed by atoms with Crippen LogP contribution in [-0.2, 0) is 14.9 Å². The third-order valence-electron chi connectivity index (χ3n) is 4.69. The Hall–Kier alpha value is -3.24. The molecule has 8 nitrogen and oxygen atoms in total. The van der Waals surface area contributed by atoms with E-state index in [4.69, 9.17) is 9.59 Å². The fraction of sp³-hybridized carbons (Fsp3) is 0.182. The maximum atomic E-state index is 12.7. The van der Waals surface area contributed by atoms with Gasteiger partial charge in [0, 0.05) is 11.5 Å². The van der Waals surface area contributed by atoms with Gasteiger partial charge < -0.3 is 4.18 Å². The van der Waals surface area contributed by atoms with Crippen molar-refractivity contribution in [1.29, 1.82) is 5.41 Å². The Balaban J connectivity index is 1.68. The van der Waals surface area contributed by atoms with Gasteiger partial charge in [0.2, 0.25) is 5.17 Å². The number of para-hydroxylation sites is 1. The lowest BCUT2D eigenvalue weighted by Crippen LogP contribution is -2.35. The van der Waals surface area contributed by atoms with Gasteiger partial charge in [0.1, 0.15) is 15.7 Å². The smallest absolute Gasteiger partial charge is 0.339 e. The van der Waals surface area contributed by atoms with E-state index in [2.05, 4.69) is 10.1 Å². The van der Waals surface area contributed by atoms with Crippen LogP contribution in [0.2, 0.25) is 0 Å². The first-order valence-corrected chi connectivity index (χ1v) is 12.0. The monoisotopic (exact) mass is 468 g/mol. The van der Waals surface area contributed by atoms with Gasteiger partial charge in [-0.3, -0.25) is 10.2 Å². The lowest BCUT2D eigenvalue weighted by molar-refractivity contribution is -0.114. The van der Waals surface area contributed by atoms with Crippen LogP contribution in [0.1, 0.15) is 25.0 Å². The van der Waals surface area contributed by atoms with E-state index < -0.39 is 16.0 Å². The normalized spacial score (nSPS) is 17.5. The van der Waals surface area contributed by atoms with Gasteiger partial charge in [-0.2, -0.15) is 23.5 Å². The third-order valence-corrected chi connectivity index (χ3v) is 7.15. The number of carbonyl (C=O) groups is 1. The second-order valence-electron chi connectivity index (χ2n) is 7.50. The molecule has 32 heavy (non-hydrogen) atoms. The summed E-state index contributed by atoms with van der Waals surface area (Å²) in [5.41, 5.74) is 1.24. The van der Waals surface area contributed by atoms with Crippen LogP contribution in [0.4, 0.5) is 0 Å². The van der Waals surface area contributed by atoms with Gasteiger partial charge in [-0.1, -0.05) is 49.7 Å². The average Bonchev–Trinajstić information content (AvgIpc) is 3.17. The summed E-state index contributed by atoms with van der Waals surface area (Å²) in [6.45, 7) is 5.79. The van der Waals surface area contributed by atoms with Crippen molar-refractivity contribution in [2.75, 3.05) is 0 Å².